The average Bonchev–Trinajstić information content (AvgIpc) is 2.97. The van der Waals surface area contributed by atoms with Crippen molar-refractivity contribution in [3.05, 3.63) is 52.0 Å². The first-order chi connectivity index (χ1) is 10.9. The highest BCUT2D eigenvalue weighted by Crippen LogP contribution is 2.37. The van der Waals surface area contributed by atoms with Gasteiger partial charge in [0.1, 0.15) is 0 Å². The van der Waals surface area contributed by atoms with E-state index in [0.29, 0.717) is 11.5 Å². The number of anilines is 1. The molecule has 4 nitrogen and oxygen atoms in total. The lowest BCUT2D eigenvalue weighted by atomic mass is 9.83. The van der Waals surface area contributed by atoms with Crippen LogP contribution in [-0.2, 0) is 10.2 Å². The number of nitrogens with one attached hydrogen (secondary N) is 1. The molecule has 0 bridgehead atoms. The summed E-state index contributed by atoms with van der Waals surface area (Å²) in [5.41, 5.74) is 2.01. The molecule has 120 valence electrons. The molecule has 0 aromatic heterocycles. The molecule has 2 aromatic carbocycles. The van der Waals surface area contributed by atoms with Gasteiger partial charge in [0.15, 0.2) is 11.5 Å². The predicted molar refractivity (Wildman–Crippen MR) is 93.1 cm³/mol. The van der Waals surface area contributed by atoms with Crippen LogP contribution in [-0.4, -0.2) is 12.7 Å². The lowest BCUT2D eigenvalue weighted by Crippen LogP contribution is -2.34. The minimum absolute atomic E-state index is 0.0678. The number of ether oxygens (including phenoxy) is 2. The summed E-state index contributed by atoms with van der Waals surface area (Å²) in [5, 5.41) is 3.01. The minimum Gasteiger partial charge on any atom is -0.454 e. The number of aryl methyl sites for hydroxylation is 1. The van der Waals surface area contributed by atoms with Crippen LogP contribution in [0.5, 0.6) is 11.5 Å². The molecular formula is C18H18BrNO3. The first-order valence-electron chi connectivity index (χ1n) is 7.35. The zero-order chi connectivity index (χ0) is 16.6. The SMILES string of the molecule is Cc1cc(Br)ccc1NC(=O)C(C)(C)c1ccc2c(c1)OCO2. The van der Waals surface area contributed by atoms with E-state index in [4.69, 9.17) is 9.47 Å². The molecule has 1 heterocycles. The zero-order valence-electron chi connectivity index (χ0n) is 13.3. The fourth-order valence-electron chi connectivity index (χ4n) is 2.46. The van der Waals surface area contributed by atoms with Gasteiger partial charge in [-0.2, -0.15) is 0 Å². The van der Waals surface area contributed by atoms with Gasteiger partial charge < -0.3 is 14.8 Å². The van der Waals surface area contributed by atoms with E-state index in [1.54, 1.807) is 0 Å². The molecule has 0 radical (unpaired) electrons. The Morgan fingerprint density at radius 1 is 1.13 bits per heavy atom. The first kappa shape index (κ1) is 15.9. The van der Waals surface area contributed by atoms with Crippen LogP contribution in [0.2, 0.25) is 0 Å². The second-order valence-electron chi connectivity index (χ2n) is 6.11. The van der Waals surface area contributed by atoms with Crippen LogP contribution < -0.4 is 14.8 Å². The van der Waals surface area contributed by atoms with E-state index in [-0.39, 0.29) is 12.7 Å². The average molecular weight is 376 g/mol. The fourth-order valence-corrected chi connectivity index (χ4v) is 2.94. The maximum atomic E-state index is 12.8. The number of carbonyl (C=O) groups is 1. The van der Waals surface area contributed by atoms with Crippen molar-refractivity contribution in [2.45, 2.75) is 26.2 Å². The standard InChI is InChI=1S/C18H18BrNO3/c1-11-8-13(19)5-6-14(11)20-17(21)18(2,3)12-4-7-15-16(9-12)23-10-22-15/h4-9H,10H2,1-3H3,(H,20,21). The molecule has 5 heteroatoms. The molecule has 0 unspecified atom stereocenters. The van der Waals surface area contributed by atoms with E-state index in [0.717, 1.165) is 21.3 Å². The quantitative estimate of drug-likeness (QED) is 0.864. The van der Waals surface area contributed by atoms with Crippen molar-refractivity contribution in [1.29, 1.82) is 0 Å². The Morgan fingerprint density at radius 2 is 1.87 bits per heavy atom. The first-order valence-corrected chi connectivity index (χ1v) is 8.15. The molecule has 0 aliphatic carbocycles. The number of halogens is 1. The van der Waals surface area contributed by atoms with Gasteiger partial charge >= 0.3 is 0 Å². The van der Waals surface area contributed by atoms with E-state index in [9.17, 15) is 4.79 Å². The lowest BCUT2D eigenvalue weighted by molar-refractivity contribution is -0.120. The summed E-state index contributed by atoms with van der Waals surface area (Å²) >= 11 is 3.43. The van der Waals surface area contributed by atoms with E-state index in [1.807, 2.05) is 57.2 Å². The Kier molecular flexibility index (Phi) is 4.06. The number of fused-ring (bicyclic) bond motifs is 1. The summed E-state index contributed by atoms with van der Waals surface area (Å²) in [4.78, 5) is 12.8. The van der Waals surface area contributed by atoms with Crippen LogP contribution >= 0.6 is 15.9 Å². The molecule has 0 spiro atoms. The second-order valence-corrected chi connectivity index (χ2v) is 7.02. The normalized spacial score (nSPS) is 13.0. The van der Waals surface area contributed by atoms with Crippen molar-refractivity contribution in [2.24, 2.45) is 0 Å². The van der Waals surface area contributed by atoms with Crippen molar-refractivity contribution in [3.8, 4) is 11.5 Å². The lowest BCUT2D eigenvalue weighted by Gasteiger charge is -2.25. The molecule has 1 N–H and O–H groups in total. The molecule has 1 aliphatic heterocycles. The second kappa shape index (κ2) is 5.89. The summed E-state index contributed by atoms with van der Waals surface area (Å²) in [5.74, 6) is 1.33. The third-order valence-electron chi connectivity index (χ3n) is 4.10. The van der Waals surface area contributed by atoms with Gasteiger partial charge in [-0.1, -0.05) is 22.0 Å². The fraction of sp³-hybridized carbons (Fsp3) is 0.278. The van der Waals surface area contributed by atoms with Crippen LogP contribution in [0.1, 0.15) is 25.0 Å². The van der Waals surface area contributed by atoms with Crippen molar-refractivity contribution in [1.82, 2.24) is 0 Å². The molecular weight excluding hydrogens is 358 g/mol. The molecule has 23 heavy (non-hydrogen) atoms. The molecule has 0 atom stereocenters. The monoisotopic (exact) mass is 375 g/mol. The maximum Gasteiger partial charge on any atom is 0.234 e. The summed E-state index contributed by atoms with van der Waals surface area (Å²) < 4.78 is 11.7. The van der Waals surface area contributed by atoms with Crippen molar-refractivity contribution in [2.75, 3.05) is 12.1 Å². The van der Waals surface area contributed by atoms with Gasteiger partial charge in [-0.25, -0.2) is 0 Å². The number of benzene rings is 2. The molecule has 0 fully saturated rings. The van der Waals surface area contributed by atoms with Gasteiger partial charge in [0.2, 0.25) is 12.7 Å². The Balaban J connectivity index is 1.85. The van der Waals surface area contributed by atoms with Gasteiger partial charge in [0, 0.05) is 10.2 Å². The van der Waals surface area contributed by atoms with E-state index in [2.05, 4.69) is 21.2 Å². The van der Waals surface area contributed by atoms with E-state index < -0.39 is 5.41 Å². The number of carbonyl (C=O) groups excluding carboxylic acids is 1. The van der Waals surface area contributed by atoms with Crippen molar-refractivity contribution >= 4 is 27.5 Å². The van der Waals surface area contributed by atoms with Crippen LogP contribution in [0.25, 0.3) is 0 Å². The molecule has 0 saturated heterocycles. The van der Waals surface area contributed by atoms with Crippen LogP contribution in [0, 0.1) is 6.92 Å². The summed E-state index contributed by atoms with van der Waals surface area (Å²) in [7, 11) is 0. The van der Waals surface area contributed by atoms with Gasteiger partial charge in [0.05, 0.1) is 5.41 Å². The predicted octanol–water partition coefficient (Wildman–Crippen LogP) is 4.40. The Morgan fingerprint density at radius 3 is 2.61 bits per heavy atom. The summed E-state index contributed by atoms with van der Waals surface area (Å²) in [6.07, 6.45) is 0. The van der Waals surface area contributed by atoms with Gasteiger partial charge in [-0.05, 0) is 62.2 Å². The smallest absolute Gasteiger partial charge is 0.234 e. The highest BCUT2D eigenvalue weighted by atomic mass is 79.9. The molecule has 1 aliphatic rings. The van der Waals surface area contributed by atoms with Gasteiger partial charge in [-0.3, -0.25) is 4.79 Å². The number of hydrogen-bond donors (Lipinski definition) is 1. The molecule has 1 amide bonds. The Bertz CT molecular complexity index is 771. The molecule has 0 saturated carbocycles. The van der Waals surface area contributed by atoms with Crippen molar-refractivity contribution < 1.29 is 14.3 Å². The summed E-state index contributed by atoms with van der Waals surface area (Å²) in [6, 6.07) is 11.4. The number of amides is 1. The Hall–Kier alpha value is -2.01. The van der Waals surface area contributed by atoms with Gasteiger partial charge in [-0.15, -0.1) is 0 Å². The zero-order valence-corrected chi connectivity index (χ0v) is 14.9. The molecule has 2 aromatic rings. The maximum absolute atomic E-state index is 12.8. The highest BCUT2D eigenvalue weighted by molar-refractivity contribution is 9.10. The van der Waals surface area contributed by atoms with E-state index in [1.165, 1.54) is 0 Å². The third kappa shape index (κ3) is 3.06. The molecule has 3 rings (SSSR count). The summed E-state index contributed by atoms with van der Waals surface area (Å²) in [6.45, 7) is 5.99. The van der Waals surface area contributed by atoms with Crippen molar-refractivity contribution in [3.63, 3.8) is 0 Å². The van der Waals surface area contributed by atoms with Gasteiger partial charge in [0.25, 0.3) is 0 Å². The highest BCUT2D eigenvalue weighted by Gasteiger charge is 2.31. The largest absolute Gasteiger partial charge is 0.454 e. The van der Waals surface area contributed by atoms with E-state index >= 15 is 0 Å². The number of rotatable bonds is 3. The topological polar surface area (TPSA) is 47.6 Å². The Labute approximate surface area is 143 Å². The van der Waals surface area contributed by atoms with Crippen LogP contribution in [0.4, 0.5) is 5.69 Å². The van der Waals surface area contributed by atoms with Crippen LogP contribution in [0.15, 0.2) is 40.9 Å². The third-order valence-corrected chi connectivity index (χ3v) is 4.59. The van der Waals surface area contributed by atoms with Crippen LogP contribution in [0.3, 0.4) is 0 Å². The number of hydrogen-bond acceptors (Lipinski definition) is 3. The minimum atomic E-state index is -0.694.